The van der Waals surface area contributed by atoms with E-state index in [0.717, 1.165) is 5.57 Å². The van der Waals surface area contributed by atoms with Gasteiger partial charge in [-0.2, -0.15) is 0 Å². The Morgan fingerprint density at radius 2 is 1.80 bits per heavy atom. The number of likely N-dealkylation sites (N-methyl/N-ethyl adjacent to an activating group) is 1. The lowest BCUT2D eigenvalue weighted by atomic mass is 9.85. The smallest absolute Gasteiger partial charge is 0.324 e. The molecule has 6 nitrogen and oxygen atoms in total. The molecule has 0 saturated carbocycles. The summed E-state index contributed by atoms with van der Waals surface area (Å²) in [5, 5.41) is 11.0. The number of nitrogens with one attached hydrogen (secondary N) is 1. The van der Waals surface area contributed by atoms with Crippen LogP contribution in [0.5, 0.6) is 0 Å². The molecular formula is C14H24N2O4. The lowest BCUT2D eigenvalue weighted by Crippen LogP contribution is -2.44. The number of nitrogens with zero attached hydrogens (tertiary/aromatic N) is 1. The highest BCUT2D eigenvalue weighted by Gasteiger charge is 2.26. The minimum absolute atomic E-state index is 0.0182. The molecule has 0 unspecified atom stereocenters. The molecule has 2 N–H and O–H groups in total. The first-order chi connectivity index (χ1) is 9.07. The summed E-state index contributed by atoms with van der Waals surface area (Å²) in [6, 6.07) is -0.480. The predicted molar refractivity (Wildman–Crippen MR) is 76.3 cm³/mol. The van der Waals surface area contributed by atoms with E-state index >= 15 is 0 Å². The Balaban J connectivity index is 4.48. The molecule has 0 aromatic rings. The SMILES string of the molecule is C=C(C)CN(CC)C(=O)NC(=O)CC(C)(C)CC(=O)O. The van der Waals surface area contributed by atoms with Crippen molar-refractivity contribution in [1.82, 2.24) is 10.2 Å². The van der Waals surface area contributed by atoms with Gasteiger partial charge in [0.25, 0.3) is 0 Å². The Bertz CT molecular complexity index is 402. The van der Waals surface area contributed by atoms with Crippen molar-refractivity contribution in [2.75, 3.05) is 13.1 Å². The highest BCUT2D eigenvalue weighted by atomic mass is 16.4. The maximum Gasteiger partial charge on any atom is 0.324 e. The maximum absolute atomic E-state index is 11.9. The number of amides is 3. The third-order valence-corrected chi connectivity index (χ3v) is 2.64. The van der Waals surface area contributed by atoms with E-state index in [-0.39, 0.29) is 12.8 Å². The Hall–Kier alpha value is -1.85. The quantitative estimate of drug-likeness (QED) is 0.700. The van der Waals surface area contributed by atoms with Gasteiger partial charge in [0.15, 0.2) is 0 Å². The maximum atomic E-state index is 11.9. The van der Waals surface area contributed by atoms with Crippen LogP contribution in [0.15, 0.2) is 12.2 Å². The summed E-state index contributed by atoms with van der Waals surface area (Å²) in [5.74, 6) is -1.44. The summed E-state index contributed by atoms with van der Waals surface area (Å²) in [7, 11) is 0. The van der Waals surface area contributed by atoms with Crippen LogP contribution >= 0.6 is 0 Å². The monoisotopic (exact) mass is 284 g/mol. The number of imide groups is 1. The van der Waals surface area contributed by atoms with Crippen LogP contribution in [-0.4, -0.2) is 41.0 Å². The molecule has 6 heteroatoms. The van der Waals surface area contributed by atoms with E-state index in [9.17, 15) is 14.4 Å². The zero-order valence-electron chi connectivity index (χ0n) is 12.7. The van der Waals surface area contributed by atoms with E-state index in [1.165, 1.54) is 4.90 Å². The van der Waals surface area contributed by atoms with Gasteiger partial charge >= 0.3 is 12.0 Å². The number of carbonyl (C=O) groups excluding carboxylic acids is 2. The third kappa shape index (κ3) is 7.56. The molecule has 0 aromatic carbocycles. The van der Waals surface area contributed by atoms with E-state index in [1.807, 2.05) is 0 Å². The topological polar surface area (TPSA) is 86.7 Å². The van der Waals surface area contributed by atoms with Gasteiger partial charge in [0, 0.05) is 19.5 Å². The number of aliphatic carboxylic acids is 1. The number of carboxylic acids is 1. The lowest BCUT2D eigenvalue weighted by Gasteiger charge is -2.24. The fourth-order valence-corrected chi connectivity index (χ4v) is 1.80. The fraction of sp³-hybridized carbons (Fsp3) is 0.643. The van der Waals surface area contributed by atoms with E-state index < -0.39 is 23.3 Å². The number of rotatable bonds is 7. The molecule has 0 rings (SSSR count). The average Bonchev–Trinajstić information content (AvgIpc) is 2.21. The second-order valence-corrected chi connectivity index (χ2v) is 5.74. The van der Waals surface area contributed by atoms with Gasteiger partial charge in [0.2, 0.25) is 5.91 Å². The molecule has 0 atom stereocenters. The summed E-state index contributed by atoms with van der Waals surface area (Å²) in [4.78, 5) is 35.8. The molecule has 0 radical (unpaired) electrons. The second kappa shape index (κ2) is 7.67. The number of hydrogen-bond acceptors (Lipinski definition) is 3. The fourth-order valence-electron chi connectivity index (χ4n) is 1.80. The highest BCUT2D eigenvalue weighted by molar-refractivity contribution is 5.94. The summed E-state index contributed by atoms with van der Waals surface area (Å²) >= 11 is 0. The summed E-state index contributed by atoms with van der Waals surface area (Å²) in [6.07, 6.45) is -0.145. The van der Waals surface area contributed by atoms with Gasteiger partial charge in [0.05, 0.1) is 6.42 Å². The standard InChI is InChI=1S/C14H24N2O4/c1-6-16(9-10(2)3)13(20)15-11(17)7-14(4,5)8-12(18)19/h2,6-9H2,1,3-5H3,(H,18,19)(H,15,17,20). The van der Waals surface area contributed by atoms with Crippen molar-refractivity contribution in [3.63, 3.8) is 0 Å². The lowest BCUT2D eigenvalue weighted by molar-refractivity contribution is -0.139. The van der Waals surface area contributed by atoms with Crippen LogP contribution in [0, 0.1) is 5.41 Å². The van der Waals surface area contributed by atoms with Gasteiger partial charge in [-0.05, 0) is 19.3 Å². The molecular weight excluding hydrogens is 260 g/mol. The van der Waals surface area contributed by atoms with Crippen molar-refractivity contribution in [3.05, 3.63) is 12.2 Å². The third-order valence-electron chi connectivity index (χ3n) is 2.64. The molecule has 114 valence electrons. The van der Waals surface area contributed by atoms with Crippen molar-refractivity contribution in [2.45, 2.75) is 40.5 Å². The molecule has 0 aliphatic rings. The number of urea groups is 1. The Labute approximate surface area is 119 Å². The Kier molecular flexibility index (Phi) is 6.96. The van der Waals surface area contributed by atoms with Crippen LogP contribution in [0.1, 0.15) is 40.5 Å². The van der Waals surface area contributed by atoms with E-state index in [2.05, 4.69) is 11.9 Å². The van der Waals surface area contributed by atoms with Crippen LogP contribution in [0.25, 0.3) is 0 Å². The van der Waals surface area contributed by atoms with Crippen LogP contribution in [-0.2, 0) is 9.59 Å². The molecule has 0 spiro atoms. The van der Waals surface area contributed by atoms with E-state index in [1.54, 1.807) is 27.7 Å². The van der Waals surface area contributed by atoms with Crippen molar-refractivity contribution in [1.29, 1.82) is 0 Å². The second-order valence-electron chi connectivity index (χ2n) is 5.74. The van der Waals surface area contributed by atoms with Gasteiger partial charge in [-0.25, -0.2) is 4.79 Å². The van der Waals surface area contributed by atoms with Crippen molar-refractivity contribution >= 4 is 17.9 Å². The zero-order valence-corrected chi connectivity index (χ0v) is 12.7. The van der Waals surface area contributed by atoms with Crippen LogP contribution in [0.4, 0.5) is 4.79 Å². The first-order valence-corrected chi connectivity index (χ1v) is 6.52. The molecule has 0 saturated heterocycles. The van der Waals surface area contributed by atoms with Crippen molar-refractivity contribution in [3.8, 4) is 0 Å². The van der Waals surface area contributed by atoms with Gasteiger partial charge < -0.3 is 10.0 Å². The minimum Gasteiger partial charge on any atom is -0.481 e. The van der Waals surface area contributed by atoms with Gasteiger partial charge in [-0.15, -0.1) is 0 Å². The summed E-state index contributed by atoms with van der Waals surface area (Å²) < 4.78 is 0. The number of hydrogen-bond donors (Lipinski definition) is 2. The molecule has 20 heavy (non-hydrogen) atoms. The first kappa shape index (κ1) is 18.1. The van der Waals surface area contributed by atoms with Crippen molar-refractivity contribution < 1.29 is 19.5 Å². The van der Waals surface area contributed by atoms with Gasteiger partial charge in [0.1, 0.15) is 0 Å². The molecule has 0 fully saturated rings. The Morgan fingerprint density at radius 3 is 2.20 bits per heavy atom. The molecule has 3 amide bonds. The molecule has 0 aromatic heterocycles. The average molecular weight is 284 g/mol. The normalized spacial score (nSPS) is 10.8. The molecule has 0 aliphatic heterocycles. The minimum atomic E-state index is -0.966. The largest absolute Gasteiger partial charge is 0.481 e. The number of carboxylic acid groups (broad SMARTS) is 1. The number of carbonyl (C=O) groups is 3. The van der Waals surface area contributed by atoms with Gasteiger partial charge in [-0.1, -0.05) is 26.0 Å². The first-order valence-electron chi connectivity index (χ1n) is 6.52. The highest BCUT2D eigenvalue weighted by Crippen LogP contribution is 2.24. The Morgan fingerprint density at radius 1 is 1.25 bits per heavy atom. The van der Waals surface area contributed by atoms with Crippen LogP contribution < -0.4 is 5.32 Å². The molecule has 0 bridgehead atoms. The summed E-state index contributed by atoms with van der Waals surface area (Å²) in [5.41, 5.74) is 0.127. The van der Waals surface area contributed by atoms with Crippen LogP contribution in [0.3, 0.4) is 0 Å². The van der Waals surface area contributed by atoms with E-state index in [0.29, 0.717) is 13.1 Å². The molecule has 0 heterocycles. The molecule has 0 aliphatic carbocycles. The van der Waals surface area contributed by atoms with Crippen molar-refractivity contribution in [2.24, 2.45) is 5.41 Å². The summed E-state index contributed by atoms with van der Waals surface area (Å²) in [6.45, 7) is 11.5. The zero-order chi connectivity index (χ0) is 15.9. The van der Waals surface area contributed by atoms with E-state index in [4.69, 9.17) is 5.11 Å². The predicted octanol–water partition coefficient (Wildman–Crippen LogP) is 2.01. The van der Waals surface area contributed by atoms with Crippen LogP contribution in [0.2, 0.25) is 0 Å². The van der Waals surface area contributed by atoms with Gasteiger partial charge in [-0.3, -0.25) is 14.9 Å².